The molecule has 3 heterocycles. The summed E-state index contributed by atoms with van der Waals surface area (Å²) in [5, 5.41) is 9.66. The SMILES string of the molecule is Cc1cc(CN2CCCC2c2csc(NC(=O)c3ccc(Br)cc3)n2)no1. The van der Waals surface area contributed by atoms with Gasteiger partial charge in [0.05, 0.1) is 17.4 Å². The molecule has 0 spiro atoms. The molecule has 27 heavy (non-hydrogen) atoms. The van der Waals surface area contributed by atoms with E-state index >= 15 is 0 Å². The number of likely N-dealkylation sites (tertiary alicyclic amines) is 1. The third-order valence-electron chi connectivity index (χ3n) is 4.60. The van der Waals surface area contributed by atoms with E-state index in [-0.39, 0.29) is 11.9 Å². The number of halogens is 1. The number of amides is 1. The number of thiazole rings is 1. The highest BCUT2D eigenvalue weighted by Gasteiger charge is 2.29. The van der Waals surface area contributed by atoms with E-state index in [1.54, 1.807) is 12.1 Å². The highest BCUT2D eigenvalue weighted by atomic mass is 79.9. The summed E-state index contributed by atoms with van der Waals surface area (Å²) in [5.74, 6) is 0.678. The lowest BCUT2D eigenvalue weighted by molar-refractivity contribution is 0.102. The molecular formula is C19H19BrN4O2S. The van der Waals surface area contributed by atoms with Crippen LogP contribution >= 0.6 is 27.3 Å². The Morgan fingerprint density at radius 1 is 1.41 bits per heavy atom. The molecule has 1 aliphatic heterocycles. The average molecular weight is 447 g/mol. The Bertz CT molecular complexity index is 937. The van der Waals surface area contributed by atoms with Gasteiger partial charge >= 0.3 is 0 Å². The normalized spacial score (nSPS) is 17.3. The van der Waals surface area contributed by atoms with Crippen molar-refractivity contribution in [3.8, 4) is 0 Å². The number of aromatic nitrogens is 2. The maximum Gasteiger partial charge on any atom is 0.257 e. The van der Waals surface area contributed by atoms with E-state index < -0.39 is 0 Å². The van der Waals surface area contributed by atoms with E-state index in [0.717, 1.165) is 47.6 Å². The molecule has 0 aliphatic carbocycles. The van der Waals surface area contributed by atoms with Crippen LogP contribution < -0.4 is 5.32 Å². The van der Waals surface area contributed by atoms with Crippen molar-refractivity contribution in [1.29, 1.82) is 0 Å². The maximum atomic E-state index is 12.4. The van der Waals surface area contributed by atoms with Crippen molar-refractivity contribution in [2.24, 2.45) is 0 Å². The Balaban J connectivity index is 1.43. The number of nitrogens with one attached hydrogen (secondary N) is 1. The molecule has 2 aromatic heterocycles. The van der Waals surface area contributed by atoms with Gasteiger partial charge in [0.25, 0.3) is 5.91 Å². The van der Waals surface area contributed by atoms with Crippen molar-refractivity contribution >= 4 is 38.3 Å². The summed E-state index contributed by atoms with van der Waals surface area (Å²) in [6.07, 6.45) is 2.18. The molecule has 4 rings (SSSR count). The van der Waals surface area contributed by atoms with Gasteiger partial charge in [-0.1, -0.05) is 21.1 Å². The Labute approximate surface area is 169 Å². The second-order valence-electron chi connectivity index (χ2n) is 6.60. The zero-order valence-electron chi connectivity index (χ0n) is 14.8. The molecule has 1 fully saturated rings. The van der Waals surface area contributed by atoms with Gasteiger partial charge in [0, 0.05) is 28.0 Å². The number of anilines is 1. The fraction of sp³-hybridized carbons (Fsp3) is 0.316. The summed E-state index contributed by atoms with van der Waals surface area (Å²) in [6.45, 7) is 3.66. The van der Waals surface area contributed by atoms with Gasteiger partial charge in [0.15, 0.2) is 5.13 Å². The van der Waals surface area contributed by atoms with Gasteiger partial charge in [0.2, 0.25) is 0 Å². The highest BCUT2D eigenvalue weighted by molar-refractivity contribution is 9.10. The van der Waals surface area contributed by atoms with Gasteiger partial charge in [-0.05, 0) is 50.6 Å². The molecule has 1 N–H and O–H groups in total. The van der Waals surface area contributed by atoms with Gasteiger partial charge in [0.1, 0.15) is 5.76 Å². The summed E-state index contributed by atoms with van der Waals surface area (Å²) in [6, 6.07) is 9.49. The van der Waals surface area contributed by atoms with Crippen LogP contribution in [0.5, 0.6) is 0 Å². The zero-order chi connectivity index (χ0) is 18.8. The van der Waals surface area contributed by atoms with Crippen LogP contribution in [0, 0.1) is 6.92 Å². The molecule has 140 valence electrons. The van der Waals surface area contributed by atoms with Crippen LogP contribution in [-0.2, 0) is 6.54 Å². The molecule has 6 nitrogen and oxygen atoms in total. The minimum atomic E-state index is -0.148. The predicted octanol–water partition coefficient (Wildman–Crippen LogP) is 4.79. The highest BCUT2D eigenvalue weighted by Crippen LogP contribution is 2.34. The van der Waals surface area contributed by atoms with E-state index in [0.29, 0.717) is 10.7 Å². The van der Waals surface area contributed by atoms with Crippen molar-refractivity contribution in [3.05, 3.63) is 62.9 Å². The number of rotatable bonds is 5. The summed E-state index contributed by atoms with van der Waals surface area (Å²) in [7, 11) is 0. The Morgan fingerprint density at radius 2 is 2.22 bits per heavy atom. The molecule has 1 amide bonds. The van der Waals surface area contributed by atoms with Crippen LogP contribution in [-0.4, -0.2) is 27.5 Å². The van der Waals surface area contributed by atoms with Crippen LogP contribution in [0.25, 0.3) is 0 Å². The second kappa shape index (κ2) is 7.92. The van der Waals surface area contributed by atoms with Crippen molar-refractivity contribution in [2.75, 3.05) is 11.9 Å². The molecule has 1 aliphatic rings. The topological polar surface area (TPSA) is 71.3 Å². The standard InChI is InChI=1S/C19H19BrN4O2S/c1-12-9-15(23-26-12)10-24-8-2-3-17(24)16-11-27-19(21-16)22-18(25)13-4-6-14(20)7-5-13/h4-7,9,11,17H,2-3,8,10H2,1H3,(H,21,22,25). The van der Waals surface area contributed by atoms with Gasteiger partial charge in [-0.3, -0.25) is 15.0 Å². The lowest BCUT2D eigenvalue weighted by Crippen LogP contribution is -2.23. The largest absolute Gasteiger partial charge is 0.361 e. The minimum Gasteiger partial charge on any atom is -0.361 e. The third kappa shape index (κ3) is 4.28. The van der Waals surface area contributed by atoms with E-state index in [9.17, 15) is 4.79 Å². The zero-order valence-corrected chi connectivity index (χ0v) is 17.2. The van der Waals surface area contributed by atoms with Crippen LogP contribution in [0.4, 0.5) is 5.13 Å². The van der Waals surface area contributed by atoms with Crippen molar-refractivity contribution in [1.82, 2.24) is 15.0 Å². The average Bonchev–Trinajstić information content (AvgIpc) is 3.37. The minimum absolute atomic E-state index is 0.148. The molecule has 0 radical (unpaired) electrons. The van der Waals surface area contributed by atoms with Crippen molar-refractivity contribution in [2.45, 2.75) is 32.4 Å². The van der Waals surface area contributed by atoms with E-state index in [2.05, 4.69) is 36.3 Å². The van der Waals surface area contributed by atoms with Gasteiger partial charge < -0.3 is 4.52 Å². The first-order valence-electron chi connectivity index (χ1n) is 8.77. The van der Waals surface area contributed by atoms with Crippen molar-refractivity contribution < 1.29 is 9.32 Å². The molecule has 8 heteroatoms. The molecule has 1 saturated heterocycles. The molecular weight excluding hydrogens is 428 g/mol. The fourth-order valence-electron chi connectivity index (χ4n) is 3.32. The molecule has 1 atom stereocenters. The first-order valence-corrected chi connectivity index (χ1v) is 10.4. The van der Waals surface area contributed by atoms with Gasteiger partial charge in [-0.15, -0.1) is 11.3 Å². The fourth-order valence-corrected chi connectivity index (χ4v) is 4.33. The van der Waals surface area contributed by atoms with Gasteiger partial charge in [-0.25, -0.2) is 4.98 Å². The van der Waals surface area contributed by atoms with Crippen molar-refractivity contribution in [3.63, 3.8) is 0 Å². The third-order valence-corrected chi connectivity index (χ3v) is 5.90. The van der Waals surface area contributed by atoms with Crippen LogP contribution in [0.3, 0.4) is 0 Å². The lowest BCUT2D eigenvalue weighted by atomic mass is 10.1. The van der Waals surface area contributed by atoms with E-state index in [1.807, 2.05) is 30.5 Å². The molecule has 1 unspecified atom stereocenters. The lowest BCUT2D eigenvalue weighted by Gasteiger charge is -2.21. The van der Waals surface area contributed by atoms with E-state index in [4.69, 9.17) is 4.52 Å². The quantitative estimate of drug-likeness (QED) is 0.609. The first kappa shape index (κ1) is 18.3. The summed E-state index contributed by atoms with van der Waals surface area (Å²) in [5.41, 5.74) is 2.56. The molecule has 3 aromatic rings. The summed E-state index contributed by atoms with van der Waals surface area (Å²) in [4.78, 5) is 19.4. The smallest absolute Gasteiger partial charge is 0.257 e. The number of hydrogen-bond acceptors (Lipinski definition) is 6. The predicted molar refractivity (Wildman–Crippen MR) is 108 cm³/mol. The monoisotopic (exact) mass is 446 g/mol. The second-order valence-corrected chi connectivity index (χ2v) is 8.37. The number of nitrogens with zero attached hydrogens (tertiary/aromatic N) is 3. The summed E-state index contributed by atoms with van der Waals surface area (Å²) >= 11 is 4.84. The Kier molecular flexibility index (Phi) is 5.38. The number of aryl methyl sites for hydroxylation is 1. The number of carbonyl (C=O) groups is 1. The van der Waals surface area contributed by atoms with Crippen LogP contribution in [0.2, 0.25) is 0 Å². The Hall–Kier alpha value is -2.03. The molecule has 0 saturated carbocycles. The first-order chi connectivity index (χ1) is 13.1. The number of hydrogen-bond donors (Lipinski definition) is 1. The number of carbonyl (C=O) groups excluding carboxylic acids is 1. The van der Waals surface area contributed by atoms with Gasteiger partial charge in [-0.2, -0.15) is 0 Å². The van der Waals surface area contributed by atoms with Crippen LogP contribution in [0.15, 0.2) is 44.7 Å². The molecule has 1 aromatic carbocycles. The summed E-state index contributed by atoms with van der Waals surface area (Å²) < 4.78 is 6.12. The van der Waals surface area contributed by atoms with E-state index in [1.165, 1.54) is 11.3 Å². The maximum absolute atomic E-state index is 12.4. The molecule has 0 bridgehead atoms. The van der Waals surface area contributed by atoms with Crippen LogP contribution in [0.1, 0.15) is 46.4 Å². The number of benzene rings is 1. The Morgan fingerprint density at radius 3 is 2.96 bits per heavy atom.